The second-order valence-electron chi connectivity index (χ2n) is 8.20. The topological polar surface area (TPSA) is 30.7 Å². The molecule has 0 aliphatic rings. The zero-order valence-corrected chi connectivity index (χ0v) is 19.6. The summed E-state index contributed by atoms with van der Waals surface area (Å²) in [6.45, 7) is 3.82. The Hall–Kier alpha value is -3.78. The van der Waals surface area contributed by atoms with E-state index < -0.39 is 11.7 Å². The third kappa shape index (κ3) is 4.61. The first kappa shape index (κ1) is 23.0. The molecule has 3 nitrogen and oxygen atoms in total. The second-order valence-corrected chi connectivity index (χ2v) is 9.18. The van der Waals surface area contributed by atoms with E-state index in [1.165, 1.54) is 35.6 Å². The lowest BCUT2D eigenvalue weighted by molar-refractivity contribution is -0.137. The molecule has 0 saturated heterocycles. The molecule has 0 fully saturated rings. The van der Waals surface area contributed by atoms with Crippen molar-refractivity contribution in [2.75, 3.05) is 0 Å². The maximum atomic E-state index is 13.8. The van der Waals surface area contributed by atoms with Crippen LogP contribution in [-0.4, -0.2) is 14.8 Å². The highest BCUT2D eigenvalue weighted by atomic mass is 32.1. The average molecular weight is 494 g/mol. The minimum absolute atomic E-state index is 0.338. The number of hydrogen-bond acceptors (Lipinski definition) is 3. The first-order chi connectivity index (χ1) is 16.7. The van der Waals surface area contributed by atoms with Gasteiger partial charge in [-0.15, -0.1) is 0 Å². The summed E-state index contributed by atoms with van der Waals surface area (Å²) < 4.78 is 54.7. The summed E-state index contributed by atoms with van der Waals surface area (Å²) in [6, 6.07) is 19.2. The summed E-state index contributed by atoms with van der Waals surface area (Å²) >= 11 is 1.39. The summed E-state index contributed by atoms with van der Waals surface area (Å²) in [5.74, 6) is -0.338. The summed E-state index contributed by atoms with van der Waals surface area (Å²) in [4.78, 5) is 5.59. The number of alkyl halides is 3. The summed E-state index contributed by atoms with van der Waals surface area (Å²) in [6.07, 6.45) is -2.62. The van der Waals surface area contributed by atoms with Crippen molar-refractivity contribution in [2.24, 2.45) is 0 Å². The van der Waals surface area contributed by atoms with Crippen LogP contribution in [0.5, 0.6) is 0 Å². The molecule has 5 rings (SSSR count). The van der Waals surface area contributed by atoms with Crippen molar-refractivity contribution in [1.29, 1.82) is 0 Å². The predicted octanol–water partition coefficient (Wildman–Crippen LogP) is 8.10. The van der Waals surface area contributed by atoms with Gasteiger partial charge in [-0.3, -0.25) is 0 Å². The minimum atomic E-state index is -4.41. The molecule has 0 spiro atoms. The molecule has 0 aliphatic heterocycles. The van der Waals surface area contributed by atoms with E-state index in [1.54, 1.807) is 16.9 Å². The molecular formula is C27H19F4N3S. The zero-order chi connectivity index (χ0) is 24.7. The van der Waals surface area contributed by atoms with Gasteiger partial charge in [0.1, 0.15) is 5.82 Å². The number of aryl methyl sites for hydroxylation is 2. The van der Waals surface area contributed by atoms with Gasteiger partial charge >= 0.3 is 6.18 Å². The number of nitrogens with zero attached hydrogens (tertiary/aromatic N) is 3. The van der Waals surface area contributed by atoms with Gasteiger partial charge in [0.25, 0.3) is 0 Å². The van der Waals surface area contributed by atoms with Crippen molar-refractivity contribution in [3.05, 3.63) is 102 Å². The Bertz CT molecular complexity index is 1500. The van der Waals surface area contributed by atoms with E-state index in [-0.39, 0.29) is 5.82 Å². The molecule has 0 aliphatic carbocycles. The van der Waals surface area contributed by atoms with E-state index >= 15 is 0 Å². The lowest BCUT2D eigenvalue weighted by atomic mass is 10.0. The Morgan fingerprint density at radius 3 is 2.17 bits per heavy atom. The number of hydrogen-bond donors (Lipinski definition) is 0. The van der Waals surface area contributed by atoms with Crippen molar-refractivity contribution in [2.45, 2.75) is 20.0 Å². The molecule has 35 heavy (non-hydrogen) atoms. The first-order valence-electron chi connectivity index (χ1n) is 10.8. The van der Waals surface area contributed by atoms with Crippen molar-refractivity contribution in [3.63, 3.8) is 0 Å². The van der Waals surface area contributed by atoms with Crippen molar-refractivity contribution in [3.8, 4) is 38.0 Å². The Kier molecular flexibility index (Phi) is 5.76. The van der Waals surface area contributed by atoms with E-state index in [1.807, 2.05) is 44.2 Å². The Morgan fingerprint density at radius 1 is 0.829 bits per heavy atom. The predicted molar refractivity (Wildman–Crippen MR) is 130 cm³/mol. The standard InChI is InChI=1S/C27H19F4N3S/c1-16-6-8-19(9-7-16)25-24(18-10-12-21(13-11-18)27(29,30)31)32-26(35-25)34-15-23(17(2)33-34)20-4-3-5-22(28)14-20/h3-15H,1-2H3. The fraction of sp³-hybridized carbons (Fsp3) is 0.111. The van der Waals surface area contributed by atoms with Crippen LogP contribution < -0.4 is 0 Å². The van der Waals surface area contributed by atoms with Crippen LogP contribution in [0.4, 0.5) is 17.6 Å². The lowest BCUT2D eigenvalue weighted by Crippen LogP contribution is -2.04. The van der Waals surface area contributed by atoms with E-state index in [0.717, 1.165) is 33.7 Å². The molecule has 0 bridgehead atoms. The quantitative estimate of drug-likeness (QED) is 0.237. The maximum absolute atomic E-state index is 13.8. The normalized spacial score (nSPS) is 11.7. The van der Waals surface area contributed by atoms with Crippen LogP contribution in [-0.2, 0) is 6.18 Å². The van der Waals surface area contributed by atoms with Gasteiger partial charge in [0.15, 0.2) is 0 Å². The van der Waals surface area contributed by atoms with Gasteiger partial charge in [0.2, 0.25) is 5.13 Å². The molecular weight excluding hydrogens is 474 g/mol. The zero-order valence-electron chi connectivity index (χ0n) is 18.8. The highest BCUT2D eigenvalue weighted by Crippen LogP contribution is 2.40. The monoisotopic (exact) mass is 493 g/mol. The molecule has 0 radical (unpaired) electrons. The number of aromatic nitrogens is 3. The van der Waals surface area contributed by atoms with Gasteiger partial charge in [-0.05, 0) is 49.2 Å². The minimum Gasteiger partial charge on any atom is -0.218 e. The second kappa shape index (κ2) is 8.78. The Morgan fingerprint density at radius 2 is 1.51 bits per heavy atom. The van der Waals surface area contributed by atoms with Crippen molar-refractivity contribution in [1.82, 2.24) is 14.8 Å². The Balaban J connectivity index is 1.62. The molecule has 2 heterocycles. The molecule has 2 aromatic heterocycles. The largest absolute Gasteiger partial charge is 0.416 e. The third-order valence-corrected chi connectivity index (χ3v) is 6.74. The SMILES string of the molecule is Cc1ccc(-c2sc(-n3cc(-c4cccc(F)c4)c(C)n3)nc2-c2ccc(C(F)(F)F)cc2)cc1. The van der Waals surface area contributed by atoms with Crippen LogP contribution in [0.1, 0.15) is 16.8 Å². The molecule has 3 aromatic carbocycles. The number of thiazole rings is 1. The molecule has 0 N–H and O–H groups in total. The molecule has 0 unspecified atom stereocenters. The van der Waals surface area contributed by atoms with Gasteiger partial charge in [-0.1, -0.05) is 65.4 Å². The number of halogens is 4. The summed E-state index contributed by atoms with van der Waals surface area (Å²) in [7, 11) is 0. The van der Waals surface area contributed by atoms with Crippen LogP contribution in [0.3, 0.4) is 0 Å². The first-order valence-corrected chi connectivity index (χ1v) is 11.6. The molecule has 0 atom stereocenters. The summed E-state index contributed by atoms with van der Waals surface area (Å²) in [5.41, 5.74) is 4.61. The van der Waals surface area contributed by atoms with Crippen LogP contribution in [0.15, 0.2) is 79.0 Å². The van der Waals surface area contributed by atoms with Crippen LogP contribution in [0, 0.1) is 19.7 Å². The van der Waals surface area contributed by atoms with Crippen LogP contribution in [0.2, 0.25) is 0 Å². The molecule has 8 heteroatoms. The lowest BCUT2D eigenvalue weighted by Gasteiger charge is -2.08. The van der Waals surface area contributed by atoms with Gasteiger partial charge in [0, 0.05) is 17.3 Å². The van der Waals surface area contributed by atoms with E-state index in [2.05, 4.69) is 5.10 Å². The van der Waals surface area contributed by atoms with E-state index in [4.69, 9.17) is 4.98 Å². The molecule has 0 amide bonds. The highest BCUT2D eigenvalue weighted by Gasteiger charge is 2.30. The fourth-order valence-corrected chi connectivity index (χ4v) is 4.84. The van der Waals surface area contributed by atoms with Crippen LogP contribution in [0.25, 0.3) is 38.0 Å². The maximum Gasteiger partial charge on any atom is 0.416 e. The third-order valence-electron chi connectivity index (χ3n) is 5.65. The van der Waals surface area contributed by atoms with Gasteiger partial charge in [0.05, 0.1) is 21.8 Å². The van der Waals surface area contributed by atoms with Crippen molar-refractivity contribution >= 4 is 11.3 Å². The van der Waals surface area contributed by atoms with Gasteiger partial charge < -0.3 is 0 Å². The number of rotatable bonds is 4. The van der Waals surface area contributed by atoms with Crippen LogP contribution >= 0.6 is 11.3 Å². The fourth-order valence-electron chi connectivity index (χ4n) is 3.82. The van der Waals surface area contributed by atoms with Gasteiger partial charge in [-0.25, -0.2) is 14.1 Å². The highest BCUT2D eigenvalue weighted by molar-refractivity contribution is 7.18. The van der Waals surface area contributed by atoms with Gasteiger partial charge in [-0.2, -0.15) is 18.3 Å². The molecule has 0 saturated carbocycles. The van der Waals surface area contributed by atoms with E-state index in [9.17, 15) is 17.6 Å². The Labute approximate surface area is 203 Å². The average Bonchev–Trinajstić information content (AvgIpc) is 3.43. The smallest absolute Gasteiger partial charge is 0.218 e. The number of benzene rings is 3. The van der Waals surface area contributed by atoms with Crippen molar-refractivity contribution < 1.29 is 17.6 Å². The van der Waals surface area contributed by atoms with E-state index in [0.29, 0.717) is 27.6 Å². The molecule has 5 aromatic rings. The molecule has 176 valence electrons. The summed E-state index contributed by atoms with van der Waals surface area (Å²) in [5, 5.41) is 5.14.